The van der Waals surface area contributed by atoms with Gasteiger partial charge >= 0.3 is 0 Å². The molecule has 1 heterocycles. The number of unbranched alkanes of at least 4 members (excludes halogenated alkanes) is 3. The second-order valence-corrected chi connectivity index (χ2v) is 5.72. The molecule has 1 nitrogen and oxygen atoms in total. The first-order valence-corrected chi connectivity index (χ1v) is 7.81. The Bertz CT molecular complexity index is 594. The standard InChI is InChI=1S/C19H21FO/c1-2-3-4-8-14-19(15-10-6-5-7-11-15)18-16(20)12-9-13-17(18)21-19/h5-7,9-13H,2-4,8,14H2,1H3. The molecule has 1 atom stereocenters. The number of fused-ring (bicyclic) bond motifs is 1. The smallest absolute Gasteiger partial charge is 0.165 e. The van der Waals surface area contributed by atoms with Gasteiger partial charge in [-0.15, -0.1) is 0 Å². The van der Waals surface area contributed by atoms with E-state index in [0.29, 0.717) is 5.75 Å². The van der Waals surface area contributed by atoms with Crippen LogP contribution in [0.2, 0.25) is 0 Å². The van der Waals surface area contributed by atoms with Crippen molar-refractivity contribution in [2.45, 2.75) is 44.6 Å². The average molecular weight is 284 g/mol. The molecular weight excluding hydrogens is 263 g/mol. The maximum atomic E-state index is 14.3. The summed E-state index contributed by atoms with van der Waals surface area (Å²) < 4.78 is 20.4. The van der Waals surface area contributed by atoms with E-state index >= 15 is 0 Å². The molecule has 1 aliphatic rings. The first kappa shape index (κ1) is 14.1. The number of halogens is 1. The Hall–Kier alpha value is -1.83. The average Bonchev–Trinajstić information content (AvgIpc) is 2.48. The Labute approximate surface area is 125 Å². The molecule has 0 radical (unpaired) electrons. The van der Waals surface area contributed by atoms with E-state index in [9.17, 15) is 4.39 Å². The van der Waals surface area contributed by atoms with Crippen LogP contribution in [0.15, 0.2) is 48.5 Å². The van der Waals surface area contributed by atoms with Gasteiger partial charge in [-0.2, -0.15) is 0 Å². The summed E-state index contributed by atoms with van der Waals surface area (Å²) in [6, 6.07) is 15.1. The monoisotopic (exact) mass is 284 g/mol. The molecule has 3 rings (SSSR count). The lowest BCUT2D eigenvalue weighted by molar-refractivity contribution is 0.0371. The van der Waals surface area contributed by atoms with Crippen molar-refractivity contribution in [2.24, 2.45) is 0 Å². The molecule has 0 spiro atoms. The van der Waals surface area contributed by atoms with Crippen molar-refractivity contribution in [3.8, 4) is 5.75 Å². The fraction of sp³-hybridized carbons (Fsp3) is 0.368. The Morgan fingerprint density at radius 2 is 1.76 bits per heavy atom. The zero-order valence-electron chi connectivity index (χ0n) is 12.4. The minimum atomic E-state index is -0.588. The van der Waals surface area contributed by atoms with Crippen LogP contribution < -0.4 is 4.74 Å². The fourth-order valence-corrected chi connectivity index (χ4v) is 3.21. The minimum absolute atomic E-state index is 0.155. The van der Waals surface area contributed by atoms with Gasteiger partial charge in [-0.1, -0.05) is 62.6 Å². The summed E-state index contributed by atoms with van der Waals surface area (Å²) in [5, 5.41) is 0. The van der Waals surface area contributed by atoms with E-state index in [4.69, 9.17) is 4.74 Å². The van der Waals surface area contributed by atoms with Crippen LogP contribution in [0, 0.1) is 5.82 Å². The maximum Gasteiger partial charge on any atom is 0.165 e. The summed E-state index contributed by atoms with van der Waals surface area (Å²) in [5.74, 6) is 0.535. The van der Waals surface area contributed by atoms with Crippen molar-refractivity contribution >= 4 is 0 Å². The van der Waals surface area contributed by atoms with Crippen LogP contribution in [0.5, 0.6) is 5.75 Å². The lowest BCUT2D eigenvalue weighted by atomic mass is 9.77. The summed E-state index contributed by atoms with van der Waals surface area (Å²) in [6.07, 6.45) is 5.47. The van der Waals surface area contributed by atoms with Crippen molar-refractivity contribution in [1.29, 1.82) is 0 Å². The topological polar surface area (TPSA) is 9.23 Å². The molecule has 21 heavy (non-hydrogen) atoms. The van der Waals surface area contributed by atoms with Crippen molar-refractivity contribution in [3.05, 3.63) is 65.5 Å². The zero-order chi connectivity index (χ0) is 14.7. The predicted molar refractivity (Wildman–Crippen MR) is 83.0 cm³/mol. The van der Waals surface area contributed by atoms with Crippen molar-refractivity contribution < 1.29 is 9.13 Å². The third kappa shape index (κ3) is 2.44. The normalized spacial score (nSPS) is 19.5. The van der Waals surface area contributed by atoms with Gasteiger partial charge in [-0.3, -0.25) is 0 Å². The van der Waals surface area contributed by atoms with Gasteiger partial charge in [-0.25, -0.2) is 4.39 Å². The van der Waals surface area contributed by atoms with E-state index in [1.54, 1.807) is 6.07 Å². The third-order valence-electron chi connectivity index (χ3n) is 4.29. The number of hydrogen-bond donors (Lipinski definition) is 0. The number of hydrogen-bond acceptors (Lipinski definition) is 1. The Kier molecular flexibility index (Phi) is 3.96. The van der Waals surface area contributed by atoms with Crippen molar-refractivity contribution in [1.82, 2.24) is 0 Å². The highest BCUT2D eigenvalue weighted by Crippen LogP contribution is 2.52. The van der Waals surface area contributed by atoms with Crippen molar-refractivity contribution in [3.63, 3.8) is 0 Å². The van der Waals surface area contributed by atoms with Crippen LogP contribution in [0.25, 0.3) is 0 Å². The van der Waals surface area contributed by atoms with Crippen LogP contribution in [-0.4, -0.2) is 0 Å². The molecule has 0 N–H and O–H groups in total. The van der Waals surface area contributed by atoms with E-state index in [1.165, 1.54) is 18.9 Å². The highest BCUT2D eigenvalue weighted by molar-refractivity contribution is 5.53. The molecule has 0 saturated carbocycles. The van der Waals surface area contributed by atoms with Gasteiger partial charge in [0.25, 0.3) is 0 Å². The summed E-state index contributed by atoms with van der Waals surface area (Å²) in [7, 11) is 0. The predicted octanol–water partition coefficient (Wildman–Crippen LogP) is 5.43. The molecule has 2 aromatic rings. The first-order valence-electron chi connectivity index (χ1n) is 7.81. The number of ether oxygens (including phenoxy) is 1. The lowest BCUT2D eigenvalue weighted by Gasteiger charge is -2.45. The van der Waals surface area contributed by atoms with E-state index in [2.05, 4.69) is 6.92 Å². The van der Waals surface area contributed by atoms with E-state index in [-0.39, 0.29) is 5.82 Å². The van der Waals surface area contributed by atoms with Crippen LogP contribution in [0.4, 0.5) is 4.39 Å². The largest absolute Gasteiger partial charge is 0.477 e. The summed E-state index contributed by atoms with van der Waals surface area (Å²) in [4.78, 5) is 0. The Balaban J connectivity index is 1.93. The molecule has 2 heteroatoms. The molecule has 2 aromatic carbocycles. The molecule has 0 aliphatic carbocycles. The minimum Gasteiger partial charge on any atom is -0.477 e. The van der Waals surface area contributed by atoms with Gasteiger partial charge < -0.3 is 4.74 Å². The molecule has 0 saturated heterocycles. The highest BCUT2D eigenvalue weighted by atomic mass is 19.1. The fourth-order valence-electron chi connectivity index (χ4n) is 3.21. The van der Waals surface area contributed by atoms with Gasteiger partial charge in [0.15, 0.2) is 5.60 Å². The second kappa shape index (κ2) is 5.88. The molecule has 0 amide bonds. The summed E-state index contributed by atoms with van der Waals surface area (Å²) in [5.41, 5.74) is 1.20. The van der Waals surface area contributed by atoms with Gasteiger partial charge in [0.2, 0.25) is 0 Å². The van der Waals surface area contributed by atoms with Crippen molar-refractivity contribution in [2.75, 3.05) is 0 Å². The Morgan fingerprint density at radius 3 is 2.48 bits per heavy atom. The van der Waals surface area contributed by atoms with E-state index in [0.717, 1.165) is 30.4 Å². The van der Waals surface area contributed by atoms with Crippen LogP contribution in [0.1, 0.15) is 50.2 Å². The third-order valence-corrected chi connectivity index (χ3v) is 4.29. The quantitative estimate of drug-likeness (QED) is 0.642. The molecule has 0 fully saturated rings. The van der Waals surface area contributed by atoms with Crippen LogP contribution in [-0.2, 0) is 5.60 Å². The summed E-state index contributed by atoms with van der Waals surface area (Å²) in [6.45, 7) is 2.20. The number of rotatable bonds is 6. The maximum absolute atomic E-state index is 14.3. The molecule has 0 bridgehead atoms. The Morgan fingerprint density at radius 1 is 0.952 bits per heavy atom. The molecular formula is C19H21FO. The highest BCUT2D eigenvalue weighted by Gasteiger charge is 2.48. The molecule has 1 aliphatic heterocycles. The van der Waals surface area contributed by atoms with Gasteiger partial charge in [0.05, 0.1) is 5.56 Å². The molecule has 110 valence electrons. The SMILES string of the molecule is CCCCCCC1(c2ccccc2)Oc2cccc(F)c21. The van der Waals surface area contributed by atoms with Crippen LogP contribution >= 0.6 is 0 Å². The second-order valence-electron chi connectivity index (χ2n) is 5.72. The lowest BCUT2D eigenvalue weighted by Crippen LogP contribution is -2.43. The van der Waals surface area contributed by atoms with Gasteiger partial charge in [0.1, 0.15) is 11.6 Å². The first-order chi connectivity index (χ1) is 10.3. The van der Waals surface area contributed by atoms with Gasteiger partial charge in [0, 0.05) is 5.56 Å². The zero-order valence-corrected chi connectivity index (χ0v) is 12.4. The molecule has 1 unspecified atom stereocenters. The molecule has 0 aromatic heterocycles. The van der Waals surface area contributed by atoms with E-state index in [1.807, 2.05) is 36.4 Å². The van der Waals surface area contributed by atoms with Crippen LogP contribution in [0.3, 0.4) is 0 Å². The summed E-state index contributed by atoms with van der Waals surface area (Å²) >= 11 is 0. The number of benzene rings is 2. The van der Waals surface area contributed by atoms with Gasteiger partial charge in [-0.05, 0) is 25.0 Å². The van der Waals surface area contributed by atoms with E-state index < -0.39 is 5.60 Å².